The zero-order valence-corrected chi connectivity index (χ0v) is 6.91. The van der Waals surface area contributed by atoms with E-state index in [1.165, 1.54) is 0 Å². The average molecular weight is 148 g/mol. The highest BCUT2D eigenvalue weighted by molar-refractivity contribution is 6.29. The van der Waals surface area contributed by atoms with Crippen LogP contribution in [0.25, 0.3) is 0 Å². The third-order valence-electron chi connectivity index (χ3n) is 1.29. The molecule has 0 saturated heterocycles. The second kappa shape index (κ2) is 4.83. The van der Waals surface area contributed by atoms with Crippen molar-refractivity contribution in [1.29, 1.82) is 0 Å². The summed E-state index contributed by atoms with van der Waals surface area (Å²) in [5, 5.41) is 0.721. The molecule has 0 bridgehead atoms. The average Bonchev–Trinajstić information content (AvgIpc) is 1.82. The van der Waals surface area contributed by atoms with Gasteiger partial charge in [-0.15, -0.1) is 0 Å². The number of likely N-dealkylation sites (N-methyl/N-ethyl adjacent to an activating group) is 1. The van der Waals surface area contributed by atoms with Crippen molar-refractivity contribution in [2.24, 2.45) is 0 Å². The Morgan fingerprint density at radius 3 is 2.00 bits per heavy atom. The molecule has 0 fully saturated rings. The van der Waals surface area contributed by atoms with Gasteiger partial charge in [-0.2, -0.15) is 0 Å². The van der Waals surface area contributed by atoms with Crippen LogP contribution < -0.4 is 0 Å². The lowest BCUT2D eigenvalue weighted by molar-refractivity contribution is 0.335. The Morgan fingerprint density at radius 2 is 1.89 bits per heavy atom. The van der Waals surface area contributed by atoms with Crippen LogP contribution in [-0.4, -0.2) is 24.5 Å². The summed E-state index contributed by atoms with van der Waals surface area (Å²) in [6.45, 7) is 10.7. The molecular formula is C7H14ClN. The Labute approximate surface area is 62.3 Å². The lowest BCUT2D eigenvalue weighted by atomic mass is 10.5. The van der Waals surface area contributed by atoms with Gasteiger partial charge in [0.2, 0.25) is 0 Å². The van der Waals surface area contributed by atoms with Crippen LogP contribution in [-0.2, 0) is 0 Å². The number of halogens is 1. The number of rotatable bonds is 4. The standard InChI is InChI=1S/C7H14ClN/c1-4-9(5-2)6-7(3)8/h3-6H2,1-2H3. The highest BCUT2D eigenvalue weighted by Gasteiger charge is 1.97. The maximum atomic E-state index is 5.59. The molecule has 0 aliphatic rings. The van der Waals surface area contributed by atoms with Crippen molar-refractivity contribution in [3.8, 4) is 0 Å². The third-order valence-corrected chi connectivity index (χ3v) is 1.41. The molecule has 0 aromatic rings. The molecule has 0 radical (unpaired) electrons. The van der Waals surface area contributed by atoms with Gasteiger partial charge in [-0.1, -0.05) is 32.0 Å². The Morgan fingerprint density at radius 1 is 1.44 bits per heavy atom. The Bertz CT molecular complexity index is 86.9. The van der Waals surface area contributed by atoms with Crippen LogP contribution in [0.15, 0.2) is 11.6 Å². The van der Waals surface area contributed by atoms with Gasteiger partial charge in [0.05, 0.1) is 0 Å². The van der Waals surface area contributed by atoms with E-state index >= 15 is 0 Å². The van der Waals surface area contributed by atoms with Gasteiger partial charge in [-0.05, 0) is 13.1 Å². The first-order valence-corrected chi connectivity index (χ1v) is 3.64. The summed E-state index contributed by atoms with van der Waals surface area (Å²) >= 11 is 5.59. The summed E-state index contributed by atoms with van der Waals surface area (Å²) in [6.07, 6.45) is 0. The lowest BCUT2D eigenvalue weighted by Gasteiger charge is -2.16. The minimum Gasteiger partial charge on any atom is -0.299 e. The summed E-state index contributed by atoms with van der Waals surface area (Å²) in [5.74, 6) is 0. The van der Waals surface area contributed by atoms with E-state index in [4.69, 9.17) is 11.6 Å². The predicted molar refractivity (Wildman–Crippen MR) is 42.8 cm³/mol. The highest BCUT2D eigenvalue weighted by atomic mass is 35.5. The molecule has 0 heterocycles. The van der Waals surface area contributed by atoms with E-state index in [1.54, 1.807) is 0 Å². The molecular weight excluding hydrogens is 134 g/mol. The normalized spacial score (nSPS) is 10.2. The lowest BCUT2D eigenvalue weighted by Crippen LogP contribution is -2.23. The first kappa shape index (κ1) is 8.99. The van der Waals surface area contributed by atoms with Gasteiger partial charge in [0.15, 0.2) is 0 Å². The van der Waals surface area contributed by atoms with E-state index in [9.17, 15) is 0 Å². The number of nitrogens with zero attached hydrogens (tertiary/aromatic N) is 1. The summed E-state index contributed by atoms with van der Waals surface area (Å²) in [4.78, 5) is 2.22. The fourth-order valence-corrected chi connectivity index (χ4v) is 0.859. The summed E-state index contributed by atoms with van der Waals surface area (Å²) in [5.41, 5.74) is 0. The second-order valence-electron chi connectivity index (χ2n) is 1.98. The van der Waals surface area contributed by atoms with E-state index in [-0.39, 0.29) is 0 Å². The quantitative estimate of drug-likeness (QED) is 0.589. The molecule has 0 N–H and O–H groups in total. The zero-order chi connectivity index (χ0) is 7.28. The highest BCUT2D eigenvalue weighted by Crippen LogP contribution is 1.99. The third kappa shape index (κ3) is 4.49. The number of hydrogen-bond acceptors (Lipinski definition) is 1. The van der Waals surface area contributed by atoms with E-state index < -0.39 is 0 Å². The molecule has 0 rings (SSSR count). The van der Waals surface area contributed by atoms with Gasteiger partial charge in [0, 0.05) is 11.6 Å². The first-order chi connectivity index (χ1) is 4.20. The summed E-state index contributed by atoms with van der Waals surface area (Å²) < 4.78 is 0. The van der Waals surface area contributed by atoms with Crippen molar-refractivity contribution in [3.63, 3.8) is 0 Å². The smallest absolute Gasteiger partial charge is 0.0335 e. The maximum Gasteiger partial charge on any atom is 0.0335 e. The van der Waals surface area contributed by atoms with Crippen LogP contribution in [0.3, 0.4) is 0 Å². The van der Waals surface area contributed by atoms with Gasteiger partial charge in [0.25, 0.3) is 0 Å². The minimum absolute atomic E-state index is 0.721. The molecule has 1 nitrogen and oxygen atoms in total. The van der Waals surface area contributed by atoms with Crippen LogP contribution in [0.2, 0.25) is 0 Å². The van der Waals surface area contributed by atoms with Gasteiger partial charge >= 0.3 is 0 Å². The van der Waals surface area contributed by atoms with Crippen molar-refractivity contribution in [3.05, 3.63) is 11.6 Å². The molecule has 9 heavy (non-hydrogen) atoms. The molecule has 0 amide bonds. The van der Waals surface area contributed by atoms with Crippen molar-refractivity contribution < 1.29 is 0 Å². The van der Waals surface area contributed by atoms with Gasteiger partial charge < -0.3 is 0 Å². The fraction of sp³-hybridized carbons (Fsp3) is 0.714. The Hall–Kier alpha value is -0.0100. The molecule has 0 unspecified atom stereocenters. The summed E-state index contributed by atoms with van der Waals surface area (Å²) in [6, 6.07) is 0. The molecule has 2 heteroatoms. The van der Waals surface area contributed by atoms with Gasteiger partial charge in [0.1, 0.15) is 0 Å². The monoisotopic (exact) mass is 147 g/mol. The predicted octanol–water partition coefficient (Wildman–Crippen LogP) is 2.08. The molecule has 0 aromatic carbocycles. The van der Waals surface area contributed by atoms with Crippen molar-refractivity contribution in [1.82, 2.24) is 4.90 Å². The van der Waals surface area contributed by atoms with Gasteiger partial charge in [-0.3, -0.25) is 4.90 Å². The van der Waals surface area contributed by atoms with Crippen molar-refractivity contribution in [2.75, 3.05) is 19.6 Å². The Kier molecular flexibility index (Phi) is 4.83. The van der Waals surface area contributed by atoms with E-state index in [0.717, 1.165) is 24.7 Å². The Balaban J connectivity index is 3.43. The van der Waals surface area contributed by atoms with Crippen LogP contribution in [0.5, 0.6) is 0 Å². The van der Waals surface area contributed by atoms with Crippen LogP contribution in [0.4, 0.5) is 0 Å². The molecule has 54 valence electrons. The van der Waals surface area contributed by atoms with Crippen molar-refractivity contribution >= 4 is 11.6 Å². The molecule has 0 saturated carbocycles. The van der Waals surface area contributed by atoms with Crippen LogP contribution in [0.1, 0.15) is 13.8 Å². The van der Waals surface area contributed by atoms with Gasteiger partial charge in [-0.25, -0.2) is 0 Å². The molecule has 0 aromatic heterocycles. The number of hydrogen-bond donors (Lipinski definition) is 0. The van der Waals surface area contributed by atoms with E-state index in [0.29, 0.717) is 0 Å². The molecule has 0 atom stereocenters. The maximum absolute atomic E-state index is 5.59. The van der Waals surface area contributed by atoms with E-state index in [2.05, 4.69) is 25.3 Å². The summed E-state index contributed by atoms with van der Waals surface area (Å²) in [7, 11) is 0. The minimum atomic E-state index is 0.721. The first-order valence-electron chi connectivity index (χ1n) is 3.26. The second-order valence-corrected chi connectivity index (χ2v) is 2.51. The molecule has 0 aliphatic carbocycles. The largest absolute Gasteiger partial charge is 0.299 e. The van der Waals surface area contributed by atoms with E-state index in [1.807, 2.05) is 0 Å². The van der Waals surface area contributed by atoms with Crippen LogP contribution >= 0.6 is 11.6 Å². The zero-order valence-electron chi connectivity index (χ0n) is 6.15. The molecule has 0 aliphatic heterocycles. The SMILES string of the molecule is C=C(Cl)CN(CC)CC. The van der Waals surface area contributed by atoms with Crippen molar-refractivity contribution in [2.45, 2.75) is 13.8 Å². The van der Waals surface area contributed by atoms with Crippen LogP contribution in [0, 0.1) is 0 Å². The topological polar surface area (TPSA) is 3.24 Å². The molecule has 0 spiro atoms. The fourth-order valence-electron chi connectivity index (χ4n) is 0.690.